The number of hydrogen-bond donors (Lipinski definition) is 1. The largest absolute Gasteiger partial charge is 0.512 e. The average Bonchev–Trinajstić information content (AvgIpc) is 2.79. The zero-order chi connectivity index (χ0) is 25.0. The van der Waals surface area contributed by atoms with Crippen LogP contribution in [-0.2, 0) is 23.9 Å². The lowest BCUT2D eigenvalue weighted by Crippen LogP contribution is -2.53. The number of halogens is 2. The molecule has 0 saturated heterocycles. The number of ketones is 1. The van der Waals surface area contributed by atoms with Gasteiger partial charge in [0.1, 0.15) is 17.0 Å². The Labute approximate surface area is 208 Å². The predicted molar refractivity (Wildman–Crippen MR) is 129 cm³/mol. The topological polar surface area (TPSA) is 89.9 Å². The van der Waals surface area contributed by atoms with Crippen molar-refractivity contribution < 1.29 is 29.0 Å². The van der Waals surface area contributed by atoms with E-state index in [0.29, 0.717) is 21.2 Å². The smallest absolute Gasteiger partial charge is 0.338 e. The van der Waals surface area contributed by atoms with Crippen LogP contribution in [0.5, 0.6) is 0 Å². The Morgan fingerprint density at radius 3 is 1.88 bits per heavy atom. The van der Waals surface area contributed by atoms with Crippen molar-refractivity contribution in [2.24, 2.45) is 5.41 Å². The van der Waals surface area contributed by atoms with Crippen molar-refractivity contribution in [2.45, 2.75) is 39.0 Å². The van der Waals surface area contributed by atoms with Crippen molar-refractivity contribution in [1.29, 1.82) is 0 Å². The first-order chi connectivity index (χ1) is 16.2. The maximum atomic E-state index is 13.7. The molecule has 3 rings (SSSR count). The standard InChI is InChI=1S/C26H26Cl2O6/c1-4-33-24(31)22-21(30)14-20(16-6-10-18(27)11-7-16)26(15(3)29,25(32)34-5-2)23(22)17-8-12-19(28)13-9-17/h6-13,20,23,30H,4-5,14H2,1-3H3/t20-,23?,26-/m0/s1. The fraction of sp³-hybridized carbons (Fsp3) is 0.346. The lowest BCUT2D eigenvalue weighted by molar-refractivity contribution is -0.164. The summed E-state index contributed by atoms with van der Waals surface area (Å²) < 4.78 is 10.7. The Morgan fingerprint density at radius 1 is 0.912 bits per heavy atom. The molecule has 8 heteroatoms. The van der Waals surface area contributed by atoms with Gasteiger partial charge in [-0.3, -0.25) is 9.59 Å². The van der Waals surface area contributed by atoms with Gasteiger partial charge in [-0.15, -0.1) is 0 Å². The van der Waals surface area contributed by atoms with E-state index in [2.05, 4.69) is 0 Å². The van der Waals surface area contributed by atoms with Gasteiger partial charge in [-0.2, -0.15) is 0 Å². The average molecular weight is 505 g/mol. The summed E-state index contributed by atoms with van der Waals surface area (Å²) in [4.78, 5) is 40.4. The lowest BCUT2D eigenvalue weighted by atomic mass is 9.54. The highest BCUT2D eigenvalue weighted by Crippen LogP contribution is 2.58. The molecule has 180 valence electrons. The van der Waals surface area contributed by atoms with Crippen LogP contribution in [0, 0.1) is 5.41 Å². The summed E-state index contributed by atoms with van der Waals surface area (Å²) in [5.41, 5.74) is -0.953. The van der Waals surface area contributed by atoms with Crippen molar-refractivity contribution >= 4 is 40.9 Å². The highest BCUT2D eigenvalue weighted by Gasteiger charge is 2.62. The van der Waals surface area contributed by atoms with Crippen LogP contribution in [0.15, 0.2) is 59.9 Å². The highest BCUT2D eigenvalue weighted by atomic mass is 35.5. The molecule has 1 unspecified atom stereocenters. The maximum Gasteiger partial charge on any atom is 0.338 e. The van der Waals surface area contributed by atoms with E-state index in [0.717, 1.165) is 0 Å². The summed E-state index contributed by atoms with van der Waals surface area (Å²) in [5, 5.41) is 12.0. The number of esters is 2. The van der Waals surface area contributed by atoms with Gasteiger partial charge in [0.05, 0.1) is 18.8 Å². The van der Waals surface area contributed by atoms with Crippen LogP contribution < -0.4 is 0 Å². The Bertz CT molecular complexity index is 1110. The fourth-order valence-electron chi connectivity index (χ4n) is 4.77. The zero-order valence-corrected chi connectivity index (χ0v) is 20.7. The number of carbonyl (C=O) groups excluding carboxylic acids is 3. The number of rotatable bonds is 7. The highest BCUT2D eigenvalue weighted by molar-refractivity contribution is 6.30. The third-order valence-electron chi connectivity index (χ3n) is 6.17. The molecule has 0 radical (unpaired) electrons. The summed E-state index contributed by atoms with van der Waals surface area (Å²) in [6.45, 7) is 4.65. The van der Waals surface area contributed by atoms with Crippen LogP contribution in [0.2, 0.25) is 10.0 Å². The summed E-state index contributed by atoms with van der Waals surface area (Å²) >= 11 is 12.2. The third kappa shape index (κ3) is 4.57. The molecule has 0 bridgehead atoms. The number of ether oxygens (including phenoxy) is 2. The zero-order valence-electron chi connectivity index (χ0n) is 19.1. The third-order valence-corrected chi connectivity index (χ3v) is 6.67. The molecular formula is C26H26Cl2O6. The van der Waals surface area contributed by atoms with Gasteiger partial charge >= 0.3 is 11.9 Å². The minimum atomic E-state index is -1.86. The number of hydrogen-bond acceptors (Lipinski definition) is 6. The van der Waals surface area contributed by atoms with Gasteiger partial charge in [0.25, 0.3) is 0 Å². The van der Waals surface area contributed by atoms with Gasteiger partial charge in [0.15, 0.2) is 0 Å². The molecule has 34 heavy (non-hydrogen) atoms. The van der Waals surface area contributed by atoms with Crippen LogP contribution in [0.1, 0.15) is 50.2 Å². The van der Waals surface area contributed by atoms with E-state index in [1.165, 1.54) is 6.92 Å². The molecule has 2 aromatic rings. The predicted octanol–water partition coefficient (Wildman–Crippen LogP) is 5.78. The number of Topliss-reactive ketones (excluding diaryl/α,β-unsaturated/α-hetero) is 1. The number of aliphatic hydroxyl groups excluding tert-OH is 1. The second-order valence-corrected chi connectivity index (χ2v) is 8.89. The minimum absolute atomic E-state index is 0.0268. The van der Waals surface area contributed by atoms with Crippen molar-refractivity contribution in [3.05, 3.63) is 81.0 Å². The fourth-order valence-corrected chi connectivity index (χ4v) is 5.02. The maximum absolute atomic E-state index is 13.7. The van der Waals surface area contributed by atoms with E-state index in [-0.39, 0.29) is 31.0 Å². The van der Waals surface area contributed by atoms with Gasteiger partial charge in [0, 0.05) is 28.3 Å². The summed E-state index contributed by atoms with van der Waals surface area (Å²) in [6.07, 6.45) is -0.141. The van der Waals surface area contributed by atoms with Crippen LogP contribution in [-0.4, -0.2) is 36.0 Å². The first-order valence-electron chi connectivity index (χ1n) is 11.0. The molecule has 1 N–H and O–H groups in total. The molecule has 1 aliphatic carbocycles. The molecule has 1 aliphatic rings. The molecule has 0 spiro atoms. The van der Waals surface area contributed by atoms with Crippen LogP contribution in [0.4, 0.5) is 0 Å². The minimum Gasteiger partial charge on any atom is -0.512 e. The molecule has 0 fully saturated rings. The van der Waals surface area contributed by atoms with Crippen molar-refractivity contribution in [2.75, 3.05) is 13.2 Å². The molecule has 0 aliphatic heterocycles. The van der Waals surface area contributed by atoms with E-state index in [1.807, 2.05) is 0 Å². The Balaban J connectivity index is 2.42. The van der Waals surface area contributed by atoms with Crippen molar-refractivity contribution in [3.63, 3.8) is 0 Å². The molecule has 2 aromatic carbocycles. The van der Waals surface area contributed by atoms with Crippen LogP contribution in [0.3, 0.4) is 0 Å². The Hall–Kier alpha value is -2.83. The van der Waals surface area contributed by atoms with E-state index in [4.69, 9.17) is 32.7 Å². The number of allylic oxidation sites excluding steroid dienone is 1. The molecule has 0 aromatic heterocycles. The first-order valence-corrected chi connectivity index (χ1v) is 11.7. The molecule has 0 heterocycles. The van der Waals surface area contributed by atoms with Gasteiger partial charge in [-0.1, -0.05) is 47.5 Å². The summed E-state index contributed by atoms with van der Waals surface area (Å²) in [7, 11) is 0. The molecule has 6 nitrogen and oxygen atoms in total. The van der Waals surface area contributed by atoms with E-state index in [1.54, 1.807) is 62.4 Å². The molecule has 0 amide bonds. The molecule has 3 atom stereocenters. The van der Waals surface area contributed by atoms with Gasteiger partial charge in [-0.25, -0.2) is 4.79 Å². The van der Waals surface area contributed by atoms with Gasteiger partial charge < -0.3 is 14.6 Å². The van der Waals surface area contributed by atoms with Crippen LogP contribution >= 0.6 is 23.2 Å². The Morgan fingerprint density at radius 2 is 1.41 bits per heavy atom. The quantitative estimate of drug-likeness (QED) is 0.379. The normalized spacial score (nSPS) is 22.3. The Kier molecular flexibility index (Phi) is 8.05. The van der Waals surface area contributed by atoms with Crippen molar-refractivity contribution in [3.8, 4) is 0 Å². The summed E-state index contributed by atoms with van der Waals surface area (Å²) in [6, 6.07) is 13.1. The number of carbonyl (C=O) groups is 3. The second kappa shape index (κ2) is 10.6. The van der Waals surface area contributed by atoms with E-state index < -0.39 is 35.0 Å². The second-order valence-electron chi connectivity index (χ2n) is 8.02. The SMILES string of the molecule is CCOC(=O)C1=C(O)C[C@@H](c2ccc(Cl)cc2)[C@](C(C)=O)(C(=O)OCC)C1c1ccc(Cl)cc1. The molecule has 0 saturated carbocycles. The summed E-state index contributed by atoms with van der Waals surface area (Å²) in [5.74, 6) is -4.34. The lowest BCUT2D eigenvalue weighted by Gasteiger charge is -2.46. The van der Waals surface area contributed by atoms with Crippen LogP contribution in [0.25, 0.3) is 0 Å². The molecular weight excluding hydrogens is 479 g/mol. The van der Waals surface area contributed by atoms with E-state index in [9.17, 15) is 19.5 Å². The monoisotopic (exact) mass is 504 g/mol. The number of aliphatic hydroxyl groups is 1. The van der Waals surface area contributed by atoms with Gasteiger partial charge in [0.2, 0.25) is 0 Å². The van der Waals surface area contributed by atoms with Crippen molar-refractivity contribution in [1.82, 2.24) is 0 Å². The van der Waals surface area contributed by atoms with E-state index >= 15 is 0 Å². The number of benzene rings is 2. The first kappa shape index (κ1) is 25.8. The van der Waals surface area contributed by atoms with Gasteiger partial charge in [-0.05, 0) is 56.2 Å².